The monoisotopic (exact) mass is 239 g/mol. The maximum atomic E-state index is 13.5. The van der Waals surface area contributed by atoms with Crippen LogP contribution >= 0.6 is 11.6 Å². The fourth-order valence-corrected chi connectivity index (χ4v) is 1.25. The first kappa shape index (κ1) is 10.6. The molecule has 16 heavy (non-hydrogen) atoms. The fraction of sp³-hybridized carbons (Fsp3) is 0. The number of anilines is 1. The minimum absolute atomic E-state index is 0.00870. The van der Waals surface area contributed by atoms with Crippen molar-refractivity contribution in [3.05, 3.63) is 41.4 Å². The highest BCUT2D eigenvalue weighted by Crippen LogP contribution is 2.27. The van der Waals surface area contributed by atoms with Crippen molar-refractivity contribution in [1.29, 1.82) is 0 Å². The summed E-state index contributed by atoms with van der Waals surface area (Å²) >= 11 is 5.60. The van der Waals surface area contributed by atoms with E-state index in [9.17, 15) is 4.39 Å². The molecule has 1 aromatic heterocycles. The molecule has 0 aliphatic heterocycles. The van der Waals surface area contributed by atoms with Crippen LogP contribution in [-0.4, -0.2) is 9.97 Å². The molecule has 0 amide bonds. The summed E-state index contributed by atoms with van der Waals surface area (Å²) in [5.41, 5.74) is 5.43. The lowest BCUT2D eigenvalue weighted by Crippen LogP contribution is -1.95. The van der Waals surface area contributed by atoms with Gasteiger partial charge in [0.15, 0.2) is 11.6 Å². The van der Waals surface area contributed by atoms with Crippen molar-refractivity contribution in [3.8, 4) is 11.6 Å². The molecule has 2 N–H and O–H groups in total. The van der Waals surface area contributed by atoms with E-state index in [4.69, 9.17) is 22.1 Å². The van der Waals surface area contributed by atoms with Crippen LogP contribution in [0.3, 0.4) is 0 Å². The Morgan fingerprint density at radius 1 is 1.31 bits per heavy atom. The summed E-state index contributed by atoms with van der Waals surface area (Å²) in [7, 11) is 0. The summed E-state index contributed by atoms with van der Waals surface area (Å²) in [4.78, 5) is 7.47. The lowest BCUT2D eigenvalue weighted by Gasteiger charge is -2.06. The molecule has 0 aliphatic carbocycles. The zero-order chi connectivity index (χ0) is 11.5. The lowest BCUT2D eigenvalue weighted by atomic mass is 10.3. The molecular weight excluding hydrogens is 233 g/mol. The van der Waals surface area contributed by atoms with E-state index in [2.05, 4.69) is 9.97 Å². The van der Waals surface area contributed by atoms with E-state index in [0.717, 1.165) is 0 Å². The molecule has 6 heteroatoms. The molecular formula is C10H7ClFN3O. The molecule has 1 aromatic carbocycles. The molecule has 1 heterocycles. The summed E-state index contributed by atoms with van der Waals surface area (Å²) in [5.74, 6) is -0.243. The fourth-order valence-electron chi connectivity index (χ4n) is 1.08. The molecule has 0 spiro atoms. The summed E-state index contributed by atoms with van der Waals surface area (Å²) in [6, 6.07) is 5.84. The quantitative estimate of drug-likeness (QED) is 0.875. The van der Waals surface area contributed by atoms with E-state index >= 15 is 0 Å². The molecule has 0 atom stereocenters. The standard InChI is InChI=1S/C10H7ClFN3O/c11-6-2-1-3-7(10(6)12)16-9-4-8(13)14-5-15-9/h1-5H,(H2,13,14,15). The first-order chi connectivity index (χ1) is 7.66. The first-order valence-corrected chi connectivity index (χ1v) is 4.74. The summed E-state index contributed by atoms with van der Waals surface area (Å²) < 4.78 is 18.6. The van der Waals surface area contributed by atoms with Gasteiger partial charge in [-0.05, 0) is 12.1 Å². The maximum absolute atomic E-state index is 13.5. The van der Waals surface area contributed by atoms with Gasteiger partial charge in [0.05, 0.1) is 5.02 Å². The summed E-state index contributed by atoms with van der Waals surface area (Å²) in [5, 5.41) is -0.0143. The van der Waals surface area contributed by atoms with E-state index in [1.807, 2.05) is 0 Å². The molecule has 0 fully saturated rings. The Balaban J connectivity index is 2.31. The third kappa shape index (κ3) is 2.20. The van der Waals surface area contributed by atoms with Crippen LogP contribution in [0.5, 0.6) is 11.6 Å². The average molecular weight is 240 g/mol. The molecule has 4 nitrogen and oxygen atoms in total. The summed E-state index contributed by atoms with van der Waals surface area (Å²) in [6.07, 6.45) is 1.23. The van der Waals surface area contributed by atoms with Gasteiger partial charge in [-0.2, -0.15) is 0 Å². The number of halogens is 2. The number of ether oxygens (including phenoxy) is 1. The molecule has 2 rings (SSSR count). The Labute approximate surface area is 95.9 Å². The Kier molecular flexibility index (Phi) is 2.87. The Hall–Kier alpha value is -1.88. The number of nitrogen functional groups attached to an aromatic ring is 1. The van der Waals surface area contributed by atoms with Crippen LogP contribution in [0.15, 0.2) is 30.6 Å². The molecule has 0 bridgehead atoms. The number of hydrogen-bond acceptors (Lipinski definition) is 4. The van der Waals surface area contributed by atoms with Crippen LogP contribution in [-0.2, 0) is 0 Å². The van der Waals surface area contributed by atoms with Gasteiger partial charge in [0.2, 0.25) is 5.88 Å². The molecule has 0 saturated carbocycles. The van der Waals surface area contributed by atoms with Gasteiger partial charge in [0.25, 0.3) is 0 Å². The maximum Gasteiger partial charge on any atom is 0.224 e. The predicted octanol–water partition coefficient (Wildman–Crippen LogP) is 2.64. The molecule has 0 radical (unpaired) electrons. The number of aromatic nitrogens is 2. The van der Waals surface area contributed by atoms with Crippen molar-refractivity contribution in [2.24, 2.45) is 0 Å². The van der Waals surface area contributed by atoms with Gasteiger partial charge in [-0.15, -0.1) is 0 Å². The predicted molar refractivity (Wildman–Crippen MR) is 57.9 cm³/mol. The van der Waals surface area contributed by atoms with Crippen LogP contribution in [0.25, 0.3) is 0 Å². The Bertz CT molecular complexity index is 521. The average Bonchev–Trinajstić information content (AvgIpc) is 2.25. The highest BCUT2D eigenvalue weighted by molar-refractivity contribution is 6.30. The Morgan fingerprint density at radius 2 is 2.12 bits per heavy atom. The van der Waals surface area contributed by atoms with E-state index in [-0.39, 0.29) is 22.5 Å². The number of benzene rings is 1. The van der Waals surface area contributed by atoms with Crippen LogP contribution in [0.4, 0.5) is 10.2 Å². The third-order valence-electron chi connectivity index (χ3n) is 1.79. The second-order valence-corrected chi connectivity index (χ2v) is 3.34. The SMILES string of the molecule is Nc1cc(Oc2cccc(Cl)c2F)ncn1. The van der Waals surface area contributed by atoms with Crippen LogP contribution in [0, 0.1) is 5.82 Å². The van der Waals surface area contributed by atoms with Crippen LogP contribution in [0.2, 0.25) is 5.02 Å². The van der Waals surface area contributed by atoms with Crippen molar-refractivity contribution in [2.45, 2.75) is 0 Å². The lowest BCUT2D eigenvalue weighted by molar-refractivity contribution is 0.427. The third-order valence-corrected chi connectivity index (χ3v) is 2.09. The molecule has 0 saturated heterocycles. The second-order valence-electron chi connectivity index (χ2n) is 2.94. The zero-order valence-electron chi connectivity index (χ0n) is 8.02. The highest BCUT2D eigenvalue weighted by atomic mass is 35.5. The normalized spacial score (nSPS) is 10.1. The van der Waals surface area contributed by atoms with E-state index in [1.54, 1.807) is 6.07 Å². The molecule has 0 unspecified atom stereocenters. The summed E-state index contributed by atoms with van der Waals surface area (Å²) in [6.45, 7) is 0. The first-order valence-electron chi connectivity index (χ1n) is 4.36. The van der Waals surface area contributed by atoms with Gasteiger partial charge in [-0.25, -0.2) is 14.4 Å². The van der Waals surface area contributed by atoms with Crippen molar-refractivity contribution >= 4 is 17.4 Å². The smallest absolute Gasteiger partial charge is 0.224 e. The van der Waals surface area contributed by atoms with Crippen LogP contribution in [0.1, 0.15) is 0 Å². The molecule has 2 aromatic rings. The molecule has 0 aliphatic rings. The highest BCUT2D eigenvalue weighted by Gasteiger charge is 2.09. The van der Waals surface area contributed by atoms with Crippen molar-refractivity contribution in [1.82, 2.24) is 9.97 Å². The molecule has 82 valence electrons. The number of rotatable bonds is 2. The van der Waals surface area contributed by atoms with E-state index in [1.165, 1.54) is 24.5 Å². The number of hydrogen-bond donors (Lipinski definition) is 1. The minimum Gasteiger partial charge on any atom is -0.436 e. The topological polar surface area (TPSA) is 61.0 Å². The Morgan fingerprint density at radius 3 is 2.88 bits per heavy atom. The van der Waals surface area contributed by atoms with Gasteiger partial charge in [-0.1, -0.05) is 17.7 Å². The largest absolute Gasteiger partial charge is 0.436 e. The van der Waals surface area contributed by atoms with Gasteiger partial charge >= 0.3 is 0 Å². The number of nitrogens with two attached hydrogens (primary N) is 1. The van der Waals surface area contributed by atoms with Crippen LogP contribution < -0.4 is 10.5 Å². The minimum atomic E-state index is -0.638. The van der Waals surface area contributed by atoms with Crippen molar-refractivity contribution < 1.29 is 9.13 Å². The van der Waals surface area contributed by atoms with Gasteiger partial charge in [-0.3, -0.25) is 0 Å². The van der Waals surface area contributed by atoms with E-state index < -0.39 is 5.82 Å². The van der Waals surface area contributed by atoms with Gasteiger partial charge in [0, 0.05) is 6.07 Å². The van der Waals surface area contributed by atoms with Gasteiger partial charge in [0.1, 0.15) is 12.1 Å². The van der Waals surface area contributed by atoms with Gasteiger partial charge < -0.3 is 10.5 Å². The van der Waals surface area contributed by atoms with Crippen molar-refractivity contribution in [2.75, 3.05) is 5.73 Å². The zero-order valence-corrected chi connectivity index (χ0v) is 8.78. The second kappa shape index (κ2) is 4.32. The van der Waals surface area contributed by atoms with Crippen molar-refractivity contribution in [3.63, 3.8) is 0 Å². The number of nitrogens with zero attached hydrogens (tertiary/aromatic N) is 2. The van der Waals surface area contributed by atoms with E-state index in [0.29, 0.717) is 0 Å².